The average Bonchev–Trinajstić information content (AvgIpc) is 2.69. The molecule has 0 aliphatic heterocycles. The first-order valence-electron chi connectivity index (χ1n) is 4.00. The lowest BCUT2D eigenvalue weighted by molar-refractivity contribution is 0.0696. The van der Waals surface area contributed by atoms with Crippen LogP contribution in [0.3, 0.4) is 0 Å². The second-order valence-corrected chi connectivity index (χ2v) is 5.07. The van der Waals surface area contributed by atoms with Gasteiger partial charge in [0.1, 0.15) is 16.5 Å². The fourth-order valence-electron chi connectivity index (χ4n) is 0.946. The highest BCUT2D eigenvalue weighted by Crippen LogP contribution is 2.28. The van der Waals surface area contributed by atoms with Gasteiger partial charge in [0.25, 0.3) is 0 Å². The Hall–Kier alpha value is -1.18. The zero-order valence-electron chi connectivity index (χ0n) is 7.62. The molecular weight excluding hydrogens is 270 g/mol. The standard InChI is InChI=1S/C8H4ClN3O2S2/c9-5-1-4(7(13)14)2-6(12-5)15-8-10-3-11-16-8/h1-3H,(H,13,14). The van der Waals surface area contributed by atoms with Crippen molar-refractivity contribution < 1.29 is 9.90 Å². The van der Waals surface area contributed by atoms with Gasteiger partial charge >= 0.3 is 5.97 Å². The molecule has 0 atom stereocenters. The zero-order valence-corrected chi connectivity index (χ0v) is 10.0. The van der Waals surface area contributed by atoms with Crippen molar-refractivity contribution in [3.63, 3.8) is 0 Å². The number of hydrogen-bond donors (Lipinski definition) is 1. The predicted molar refractivity (Wildman–Crippen MR) is 60.2 cm³/mol. The van der Waals surface area contributed by atoms with Crippen molar-refractivity contribution in [1.82, 2.24) is 14.3 Å². The third kappa shape index (κ3) is 2.69. The van der Waals surface area contributed by atoms with E-state index in [0.717, 1.165) is 0 Å². The van der Waals surface area contributed by atoms with Crippen molar-refractivity contribution >= 4 is 40.9 Å². The van der Waals surface area contributed by atoms with E-state index >= 15 is 0 Å². The quantitative estimate of drug-likeness (QED) is 0.866. The number of aromatic carboxylic acids is 1. The smallest absolute Gasteiger partial charge is 0.335 e. The van der Waals surface area contributed by atoms with Crippen LogP contribution in [0.5, 0.6) is 0 Å². The number of hydrogen-bond acceptors (Lipinski definition) is 6. The molecule has 16 heavy (non-hydrogen) atoms. The highest BCUT2D eigenvalue weighted by molar-refractivity contribution is 8.00. The number of rotatable bonds is 3. The summed E-state index contributed by atoms with van der Waals surface area (Å²) in [5.74, 6) is -1.04. The first-order valence-corrected chi connectivity index (χ1v) is 5.97. The van der Waals surface area contributed by atoms with Crippen molar-refractivity contribution in [2.24, 2.45) is 0 Å². The van der Waals surface area contributed by atoms with Gasteiger partial charge in [0.05, 0.1) is 5.56 Å². The number of nitrogens with zero attached hydrogens (tertiary/aromatic N) is 3. The van der Waals surface area contributed by atoms with Crippen LogP contribution in [0, 0.1) is 0 Å². The lowest BCUT2D eigenvalue weighted by Gasteiger charge is -2.00. The van der Waals surface area contributed by atoms with Gasteiger partial charge in [-0.15, -0.1) is 0 Å². The summed E-state index contributed by atoms with van der Waals surface area (Å²) in [6.07, 6.45) is 1.43. The molecule has 0 aliphatic rings. The summed E-state index contributed by atoms with van der Waals surface area (Å²) in [6, 6.07) is 2.74. The second kappa shape index (κ2) is 4.77. The molecule has 2 heterocycles. The van der Waals surface area contributed by atoms with Crippen LogP contribution in [0.2, 0.25) is 5.15 Å². The SMILES string of the molecule is O=C(O)c1cc(Cl)nc(Sc2ncns2)c1. The fraction of sp³-hybridized carbons (Fsp3) is 0. The lowest BCUT2D eigenvalue weighted by atomic mass is 10.3. The Labute approximate surface area is 104 Å². The molecule has 0 saturated carbocycles. The van der Waals surface area contributed by atoms with Crippen LogP contribution in [0.1, 0.15) is 10.4 Å². The monoisotopic (exact) mass is 273 g/mol. The van der Waals surface area contributed by atoms with Gasteiger partial charge in [0.2, 0.25) is 0 Å². The first-order chi connectivity index (χ1) is 7.65. The van der Waals surface area contributed by atoms with E-state index in [4.69, 9.17) is 16.7 Å². The Morgan fingerprint density at radius 3 is 2.94 bits per heavy atom. The van der Waals surface area contributed by atoms with E-state index in [-0.39, 0.29) is 10.7 Å². The highest BCUT2D eigenvalue weighted by atomic mass is 35.5. The molecule has 0 unspecified atom stereocenters. The van der Waals surface area contributed by atoms with Gasteiger partial charge in [-0.25, -0.2) is 14.8 Å². The summed E-state index contributed by atoms with van der Waals surface area (Å²) in [5, 5.41) is 9.47. The first kappa shape index (κ1) is 11.3. The van der Waals surface area contributed by atoms with Gasteiger partial charge in [-0.1, -0.05) is 11.6 Å². The molecule has 0 radical (unpaired) electrons. The van der Waals surface area contributed by atoms with Gasteiger partial charge in [-0.3, -0.25) is 0 Å². The van der Waals surface area contributed by atoms with Crippen molar-refractivity contribution in [2.45, 2.75) is 9.37 Å². The highest BCUT2D eigenvalue weighted by Gasteiger charge is 2.09. The zero-order chi connectivity index (χ0) is 11.5. The third-order valence-electron chi connectivity index (χ3n) is 1.55. The summed E-state index contributed by atoms with van der Waals surface area (Å²) in [5.41, 5.74) is 0.104. The van der Waals surface area contributed by atoms with Crippen molar-refractivity contribution in [2.75, 3.05) is 0 Å². The van der Waals surface area contributed by atoms with E-state index in [1.807, 2.05) is 0 Å². The molecule has 0 aromatic carbocycles. The third-order valence-corrected chi connectivity index (χ3v) is 3.38. The second-order valence-electron chi connectivity index (χ2n) is 2.63. The minimum Gasteiger partial charge on any atom is -0.478 e. The molecule has 0 saturated heterocycles. The van der Waals surface area contributed by atoms with Gasteiger partial charge in [-0.2, -0.15) is 4.37 Å². The molecule has 0 amide bonds. The summed E-state index contributed by atoms with van der Waals surface area (Å²) in [6.45, 7) is 0. The summed E-state index contributed by atoms with van der Waals surface area (Å²) in [7, 11) is 0. The van der Waals surface area contributed by atoms with E-state index in [1.54, 1.807) is 0 Å². The van der Waals surface area contributed by atoms with E-state index in [1.165, 1.54) is 41.8 Å². The number of pyridine rings is 1. The topological polar surface area (TPSA) is 76.0 Å². The predicted octanol–water partition coefficient (Wildman–Crippen LogP) is 2.44. The van der Waals surface area contributed by atoms with Crippen LogP contribution in [-0.4, -0.2) is 25.4 Å². The number of halogens is 1. The van der Waals surface area contributed by atoms with Gasteiger partial charge in [0.15, 0.2) is 4.34 Å². The molecule has 2 aromatic heterocycles. The minimum atomic E-state index is -1.04. The van der Waals surface area contributed by atoms with Crippen LogP contribution in [0.15, 0.2) is 27.8 Å². The maximum Gasteiger partial charge on any atom is 0.335 e. The Kier molecular flexibility index (Phi) is 3.37. The molecular formula is C8H4ClN3O2S2. The van der Waals surface area contributed by atoms with Crippen LogP contribution in [-0.2, 0) is 0 Å². The van der Waals surface area contributed by atoms with Crippen LogP contribution in [0.25, 0.3) is 0 Å². The summed E-state index contributed by atoms with van der Waals surface area (Å²) >= 11 is 8.15. The lowest BCUT2D eigenvalue weighted by Crippen LogP contribution is -1.97. The Balaban J connectivity index is 2.31. The molecule has 0 spiro atoms. The van der Waals surface area contributed by atoms with Crippen molar-refractivity contribution in [1.29, 1.82) is 0 Å². The molecule has 5 nitrogen and oxygen atoms in total. The fourth-order valence-corrected chi connectivity index (χ4v) is 2.63. The Morgan fingerprint density at radius 2 is 2.31 bits per heavy atom. The molecule has 2 rings (SSSR count). The van der Waals surface area contributed by atoms with E-state index in [0.29, 0.717) is 9.37 Å². The molecule has 0 aliphatic carbocycles. The molecule has 1 N–H and O–H groups in total. The maximum atomic E-state index is 10.8. The minimum absolute atomic E-state index is 0.104. The molecule has 0 fully saturated rings. The van der Waals surface area contributed by atoms with E-state index < -0.39 is 5.97 Å². The Bertz CT molecular complexity index is 518. The van der Waals surface area contributed by atoms with Crippen molar-refractivity contribution in [3.05, 3.63) is 29.2 Å². The van der Waals surface area contributed by atoms with Crippen molar-refractivity contribution in [3.8, 4) is 0 Å². The molecule has 2 aromatic rings. The number of carbonyl (C=O) groups is 1. The van der Waals surface area contributed by atoms with Gasteiger partial charge in [0, 0.05) is 0 Å². The Morgan fingerprint density at radius 1 is 1.50 bits per heavy atom. The summed E-state index contributed by atoms with van der Waals surface area (Å²) < 4.78 is 4.52. The largest absolute Gasteiger partial charge is 0.478 e. The van der Waals surface area contributed by atoms with Crippen LogP contribution in [0.4, 0.5) is 0 Å². The molecule has 82 valence electrons. The summed E-state index contributed by atoms with van der Waals surface area (Å²) in [4.78, 5) is 18.7. The normalized spacial score (nSPS) is 10.3. The molecule has 0 bridgehead atoms. The number of aromatic nitrogens is 3. The average molecular weight is 274 g/mol. The maximum absolute atomic E-state index is 10.8. The van der Waals surface area contributed by atoms with Crippen LogP contribution < -0.4 is 0 Å². The van der Waals surface area contributed by atoms with Crippen LogP contribution >= 0.6 is 34.9 Å². The van der Waals surface area contributed by atoms with Gasteiger partial charge in [-0.05, 0) is 35.4 Å². The molecule has 8 heteroatoms. The van der Waals surface area contributed by atoms with E-state index in [2.05, 4.69) is 14.3 Å². The number of carboxylic acid groups (broad SMARTS) is 1. The van der Waals surface area contributed by atoms with E-state index in [9.17, 15) is 4.79 Å². The van der Waals surface area contributed by atoms with Gasteiger partial charge < -0.3 is 5.11 Å². The number of carboxylic acids is 1.